The Morgan fingerprint density at radius 3 is 2.38 bits per heavy atom. The summed E-state index contributed by atoms with van der Waals surface area (Å²) in [6.07, 6.45) is -3.63. The summed E-state index contributed by atoms with van der Waals surface area (Å²) in [5.41, 5.74) is -0.0250. The van der Waals surface area contributed by atoms with Gasteiger partial charge in [-0.25, -0.2) is 0 Å². The molecule has 2 aromatic carbocycles. The fourth-order valence-corrected chi connectivity index (χ4v) is 3.82. The molecule has 1 heterocycles. The van der Waals surface area contributed by atoms with Gasteiger partial charge in [0.25, 0.3) is 11.8 Å². The minimum atomic E-state index is -4.64. The van der Waals surface area contributed by atoms with Gasteiger partial charge in [0.1, 0.15) is 0 Å². The van der Waals surface area contributed by atoms with Crippen LogP contribution in [-0.4, -0.2) is 55.5 Å². The Hall–Kier alpha value is -3.86. The van der Waals surface area contributed by atoms with Crippen molar-refractivity contribution in [2.75, 3.05) is 43.1 Å². The number of aliphatic hydroxyl groups excluding tert-OH is 1. The zero-order valence-electron chi connectivity index (χ0n) is 22.3. The number of benzene rings is 2. The second kappa shape index (κ2) is 11.9. The Labute approximate surface area is 225 Å². The minimum Gasteiger partial charge on any atom is -0.503 e. The Morgan fingerprint density at radius 1 is 1.10 bits per heavy atom. The summed E-state index contributed by atoms with van der Waals surface area (Å²) in [6.45, 7) is 9.34. The van der Waals surface area contributed by atoms with Crippen molar-refractivity contribution in [3.8, 4) is 0 Å². The van der Waals surface area contributed by atoms with Crippen LogP contribution in [0.5, 0.6) is 0 Å². The summed E-state index contributed by atoms with van der Waals surface area (Å²) in [5, 5.41) is 23.7. The number of rotatable bonds is 7. The molecule has 39 heavy (non-hydrogen) atoms. The smallest absolute Gasteiger partial charge is 0.416 e. The van der Waals surface area contributed by atoms with E-state index in [1.54, 1.807) is 24.0 Å². The number of nitrogens with one attached hydrogen (secondary N) is 3. The van der Waals surface area contributed by atoms with E-state index in [9.17, 15) is 27.9 Å². The van der Waals surface area contributed by atoms with Crippen LogP contribution in [-0.2, 0) is 15.7 Å². The third-order valence-electron chi connectivity index (χ3n) is 5.96. The molecule has 1 fully saturated rings. The number of allylic oxidation sites excluding steroid dienone is 1. The SMILES string of the molecule is Cc1ccc(NC(=O)c2cc(N3CCOCC3)cc(C(F)(F)F)c2)cc1C(=N)/C=C(\O)C(=O)NCC(C)(C)C. The van der Waals surface area contributed by atoms with E-state index >= 15 is 0 Å². The molecule has 0 atom stereocenters. The van der Waals surface area contributed by atoms with Crippen LogP contribution in [0.25, 0.3) is 0 Å². The molecule has 1 aliphatic heterocycles. The van der Waals surface area contributed by atoms with Crippen molar-refractivity contribution < 1.29 is 32.6 Å². The summed E-state index contributed by atoms with van der Waals surface area (Å²) in [5.74, 6) is -2.12. The van der Waals surface area contributed by atoms with Gasteiger partial charge in [-0.05, 0) is 48.2 Å². The highest BCUT2D eigenvalue weighted by atomic mass is 19.4. The first-order valence-corrected chi connectivity index (χ1v) is 12.4. The van der Waals surface area contributed by atoms with Crippen LogP contribution in [0.3, 0.4) is 0 Å². The second-order valence-electron chi connectivity index (χ2n) is 10.5. The predicted octanol–water partition coefficient (Wildman–Crippen LogP) is 5.07. The molecule has 1 saturated heterocycles. The molecule has 0 unspecified atom stereocenters. The lowest BCUT2D eigenvalue weighted by molar-refractivity contribution is -0.137. The van der Waals surface area contributed by atoms with E-state index in [4.69, 9.17) is 10.1 Å². The average Bonchev–Trinajstić information content (AvgIpc) is 2.87. The molecule has 0 bridgehead atoms. The van der Waals surface area contributed by atoms with E-state index in [1.165, 1.54) is 12.1 Å². The number of nitrogens with zero attached hydrogens (tertiary/aromatic N) is 1. The molecule has 0 radical (unpaired) electrons. The number of halogens is 3. The van der Waals surface area contributed by atoms with Crippen molar-refractivity contribution in [1.29, 1.82) is 5.41 Å². The van der Waals surface area contributed by atoms with E-state index < -0.39 is 29.3 Å². The molecule has 0 aliphatic carbocycles. The van der Waals surface area contributed by atoms with Gasteiger partial charge >= 0.3 is 6.18 Å². The molecule has 210 valence electrons. The number of amides is 2. The number of alkyl halides is 3. The first kappa shape index (κ1) is 29.7. The maximum absolute atomic E-state index is 13.6. The van der Waals surface area contributed by atoms with E-state index in [2.05, 4.69) is 10.6 Å². The zero-order chi connectivity index (χ0) is 29.0. The van der Waals surface area contributed by atoms with Gasteiger partial charge in [0.15, 0.2) is 5.76 Å². The topological polar surface area (TPSA) is 115 Å². The Bertz CT molecular complexity index is 1280. The fraction of sp³-hybridized carbons (Fsp3) is 0.393. The lowest BCUT2D eigenvalue weighted by Gasteiger charge is -2.29. The van der Waals surface area contributed by atoms with Gasteiger partial charge in [0.2, 0.25) is 0 Å². The van der Waals surface area contributed by atoms with Crippen molar-refractivity contribution >= 4 is 28.9 Å². The molecule has 0 saturated carbocycles. The standard InChI is InChI=1S/C28H33F3N4O4/c1-17-5-6-20(14-22(17)23(32)15-24(36)26(38)33-16-27(2,3)4)34-25(37)18-11-19(28(29,30)31)13-21(12-18)35-7-9-39-10-8-35/h5-6,11-15,32,36H,7-10,16H2,1-4H3,(H,33,38)(H,34,37)/b24-15-,32-23?. The Balaban J connectivity index is 1.83. The van der Waals surface area contributed by atoms with Crippen LogP contribution in [0.2, 0.25) is 0 Å². The van der Waals surface area contributed by atoms with Crippen LogP contribution in [0, 0.1) is 17.7 Å². The Morgan fingerprint density at radius 2 is 1.77 bits per heavy atom. The quantitative estimate of drug-likeness (QED) is 0.220. The number of anilines is 2. The number of morpholine rings is 1. The third kappa shape index (κ3) is 8.31. The molecule has 8 nitrogen and oxygen atoms in total. The van der Waals surface area contributed by atoms with E-state index in [0.717, 1.165) is 18.2 Å². The highest BCUT2D eigenvalue weighted by molar-refractivity contribution is 6.12. The zero-order valence-corrected chi connectivity index (χ0v) is 22.3. The molecule has 11 heteroatoms. The van der Waals surface area contributed by atoms with Gasteiger partial charge in [-0.3, -0.25) is 9.59 Å². The number of hydrogen-bond acceptors (Lipinski definition) is 6. The average molecular weight is 547 g/mol. The van der Waals surface area contributed by atoms with E-state index in [1.807, 2.05) is 20.8 Å². The lowest BCUT2D eigenvalue weighted by Crippen LogP contribution is -2.36. The van der Waals surface area contributed by atoms with E-state index in [0.29, 0.717) is 44.0 Å². The highest BCUT2D eigenvalue weighted by Gasteiger charge is 2.32. The van der Waals surface area contributed by atoms with Crippen LogP contribution in [0.15, 0.2) is 48.2 Å². The van der Waals surface area contributed by atoms with Gasteiger partial charge in [-0.15, -0.1) is 0 Å². The van der Waals surface area contributed by atoms with Crippen molar-refractivity contribution in [2.45, 2.75) is 33.9 Å². The summed E-state index contributed by atoms with van der Waals surface area (Å²) in [6, 6.07) is 7.86. The molecule has 2 aromatic rings. The predicted molar refractivity (Wildman–Crippen MR) is 144 cm³/mol. The van der Waals surface area contributed by atoms with Gasteiger partial charge < -0.3 is 30.8 Å². The molecule has 0 spiro atoms. The number of aliphatic hydroxyl groups is 1. The number of hydrogen-bond donors (Lipinski definition) is 4. The lowest BCUT2D eigenvalue weighted by atomic mass is 9.97. The maximum Gasteiger partial charge on any atom is 0.416 e. The minimum absolute atomic E-state index is 0.170. The fourth-order valence-electron chi connectivity index (χ4n) is 3.82. The molecule has 2 amide bonds. The van der Waals surface area contributed by atoms with Crippen molar-refractivity contribution in [3.05, 3.63) is 70.5 Å². The Kier molecular flexibility index (Phi) is 9.06. The van der Waals surface area contributed by atoms with Gasteiger partial charge in [-0.2, -0.15) is 13.2 Å². The monoisotopic (exact) mass is 546 g/mol. The van der Waals surface area contributed by atoms with Crippen molar-refractivity contribution in [2.24, 2.45) is 5.41 Å². The molecular weight excluding hydrogens is 513 g/mol. The molecule has 3 rings (SSSR count). The maximum atomic E-state index is 13.6. The summed E-state index contributed by atoms with van der Waals surface area (Å²) in [7, 11) is 0. The summed E-state index contributed by atoms with van der Waals surface area (Å²) < 4.78 is 46.1. The molecule has 4 N–H and O–H groups in total. The van der Waals surface area contributed by atoms with Crippen LogP contribution in [0.4, 0.5) is 24.5 Å². The highest BCUT2D eigenvalue weighted by Crippen LogP contribution is 2.33. The van der Waals surface area contributed by atoms with Gasteiger partial charge in [0.05, 0.1) is 24.5 Å². The van der Waals surface area contributed by atoms with Crippen LogP contribution in [0.1, 0.15) is 47.8 Å². The normalized spacial score (nSPS) is 14.6. The van der Waals surface area contributed by atoms with Gasteiger partial charge in [-0.1, -0.05) is 26.8 Å². The summed E-state index contributed by atoms with van der Waals surface area (Å²) in [4.78, 5) is 26.9. The first-order chi connectivity index (χ1) is 18.1. The number of carbonyl (C=O) groups excluding carboxylic acids is 2. The summed E-state index contributed by atoms with van der Waals surface area (Å²) >= 11 is 0. The number of aryl methyl sites for hydroxylation is 1. The van der Waals surface area contributed by atoms with Crippen molar-refractivity contribution in [1.82, 2.24) is 5.32 Å². The number of ether oxygens (including phenoxy) is 1. The molecule has 1 aliphatic rings. The van der Waals surface area contributed by atoms with Gasteiger partial charge in [0, 0.05) is 48.2 Å². The number of carbonyl (C=O) groups is 2. The van der Waals surface area contributed by atoms with E-state index in [-0.39, 0.29) is 28.1 Å². The first-order valence-electron chi connectivity index (χ1n) is 12.4. The molecular formula is C28H33F3N4O4. The third-order valence-corrected chi connectivity index (χ3v) is 5.96. The molecule has 0 aromatic heterocycles. The van der Waals surface area contributed by atoms with Crippen LogP contribution >= 0.6 is 0 Å². The largest absolute Gasteiger partial charge is 0.503 e. The van der Waals surface area contributed by atoms with Crippen molar-refractivity contribution in [3.63, 3.8) is 0 Å². The van der Waals surface area contributed by atoms with Crippen LogP contribution < -0.4 is 15.5 Å². The second-order valence-corrected chi connectivity index (χ2v) is 10.5.